The van der Waals surface area contributed by atoms with Gasteiger partial charge in [-0.2, -0.15) is 0 Å². The summed E-state index contributed by atoms with van der Waals surface area (Å²) in [6, 6.07) is 11.3. The zero-order valence-corrected chi connectivity index (χ0v) is 12.6. The Labute approximate surface area is 124 Å². The lowest BCUT2D eigenvalue weighted by molar-refractivity contribution is 0.295. The van der Waals surface area contributed by atoms with Gasteiger partial charge in [0.1, 0.15) is 23.9 Å². The largest absolute Gasteiger partial charge is 0.496 e. The summed E-state index contributed by atoms with van der Waals surface area (Å²) in [6.45, 7) is 1.13. The Kier molecular flexibility index (Phi) is 5.40. The Hall–Kier alpha value is -2.27. The number of aromatic nitrogens is 1. The molecule has 0 saturated heterocycles. The minimum absolute atomic E-state index is 0.397. The number of methoxy groups -OCH3 is 2. The quantitative estimate of drug-likeness (QED) is 0.848. The molecule has 0 saturated carbocycles. The van der Waals surface area contributed by atoms with Crippen LogP contribution >= 0.6 is 0 Å². The molecule has 2 aromatic rings. The van der Waals surface area contributed by atoms with Gasteiger partial charge >= 0.3 is 0 Å². The summed E-state index contributed by atoms with van der Waals surface area (Å²) < 4.78 is 16.2. The Morgan fingerprint density at radius 2 is 1.57 bits per heavy atom. The van der Waals surface area contributed by atoms with Crippen LogP contribution in [-0.4, -0.2) is 26.3 Å². The fraction of sp³-hybridized carbons (Fsp3) is 0.312. The Morgan fingerprint density at radius 3 is 2.19 bits per heavy atom. The molecule has 1 aromatic carbocycles. The van der Waals surface area contributed by atoms with Gasteiger partial charge in [-0.3, -0.25) is 4.98 Å². The smallest absolute Gasteiger partial charge is 0.130 e. The van der Waals surface area contributed by atoms with Crippen LogP contribution < -0.4 is 19.5 Å². The standard InChI is InChI=1S/C16H20N2O3/c1-17-10-12-5-4-6-13(18-12)11-21-16-8-14(19-2)7-15(9-16)20-3/h4-9,17H,10-11H2,1-3H3. The first-order valence-electron chi connectivity index (χ1n) is 6.70. The summed E-state index contributed by atoms with van der Waals surface area (Å²) in [5.41, 5.74) is 1.87. The van der Waals surface area contributed by atoms with E-state index in [0.717, 1.165) is 17.9 Å². The molecular weight excluding hydrogens is 268 g/mol. The summed E-state index contributed by atoms with van der Waals surface area (Å²) in [5.74, 6) is 2.08. The van der Waals surface area contributed by atoms with Gasteiger partial charge in [0.2, 0.25) is 0 Å². The first kappa shape index (κ1) is 15.1. The van der Waals surface area contributed by atoms with Crippen molar-refractivity contribution in [1.29, 1.82) is 0 Å². The summed E-state index contributed by atoms with van der Waals surface area (Å²) in [6.07, 6.45) is 0. The molecule has 2 rings (SSSR count). The van der Waals surface area contributed by atoms with Gasteiger partial charge in [-0.1, -0.05) is 6.07 Å². The van der Waals surface area contributed by atoms with Crippen LogP contribution in [0.2, 0.25) is 0 Å². The molecule has 0 aliphatic rings. The Bertz CT molecular complexity index is 565. The highest BCUT2D eigenvalue weighted by Crippen LogP contribution is 2.27. The van der Waals surface area contributed by atoms with Crippen LogP contribution in [0.3, 0.4) is 0 Å². The van der Waals surface area contributed by atoms with Crippen molar-refractivity contribution in [2.45, 2.75) is 13.2 Å². The van der Waals surface area contributed by atoms with Gasteiger partial charge in [0.05, 0.1) is 25.6 Å². The molecule has 21 heavy (non-hydrogen) atoms. The van der Waals surface area contributed by atoms with Gasteiger partial charge in [0, 0.05) is 24.7 Å². The molecule has 0 atom stereocenters. The minimum Gasteiger partial charge on any atom is -0.496 e. The lowest BCUT2D eigenvalue weighted by atomic mass is 10.3. The number of hydrogen-bond acceptors (Lipinski definition) is 5. The van der Waals surface area contributed by atoms with Crippen LogP contribution in [0.15, 0.2) is 36.4 Å². The van der Waals surface area contributed by atoms with Crippen LogP contribution in [-0.2, 0) is 13.2 Å². The number of hydrogen-bond donors (Lipinski definition) is 1. The zero-order valence-electron chi connectivity index (χ0n) is 12.6. The third-order valence-electron chi connectivity index (χ3n) is 2.93. The second-order valence-electron chi connectivity index (χ2n) is 4.49. The highest BCUT2D eigenvalue weighted by molar-refractivity contribution is 5.42. The van der Waals surface area contributed by atoms with Crippen LogP contribution in [0.25, 0.3) is 0 Å². The van der Waals surface area contributed by atoms with E-state index in [-0.39, 0.29) is 0 Å². The first-order valence-corrected chi connectivity index (χ1v) is 6.70. The van der Waals surface area contributed by atoms with Crippen molar-refractivity contribution >= 4 is 0 Å². The van der Waals surface area contributed by atoms with E-state index < -0.39 is 0 Å². The van der Waals surface area contributed by atoms with Crippen molar-refractivity contribution in [3.63, 3.8) is 0 Å². The molecule has 0 bridgehead atoms. The van der Waals surface area contributed by atoms with Crippen LogP contribution in [0.4, 0.5) is 0 Å². The SMILES string of the molecule is CNCc1cccc(COc2cc(OC)cc(OC)c2)n1. The third kappa shape index (κ3) is 4.36. The average molecular weight is 288 g/mol. The van der Waals surface area contributed by atoms with Gasteiger partial charge in [0.25, 0.3) is 0 Å². The molecule has 5 heteroatoms. The van der Waals surface area contributed by atoms with Crippen molar-refractivity contribution in [2.24, 2.45) is 0 Å². The van der Waals surface area contributed by atoms with Crippen LogP contribution in [0.5, 0.6) is 17.2 Å². The van der Waals surface area contributed by atoms with E-state index in [4.69, 9.17) is 14.2 Å². The van der Waals surface area contributed by atoms with Crippen molar-refractivity contribution in [3.8, 4) is 17.2 Å². The average Bonchev–Trinajstić information content (AvgIpc) is 2.53. The molecule has 1 heterocycles. The number of ether oxygens (including phenoxy) is 3. The number of nitrogens with zero attached hydrogens (tertiary/aromatic N) is 1. The second kappa shape index (κ2) is 7.50. The van der Waals surface area contributed by atoms with Crippen molar-refractivity contribution in [3.05, 3.63) is 47.8 Å². The fourth-order valence-electron chi connectivity index (χ4n) is 1.91. The number of pyridine rings is 1. The van der Waals surface area contributed by atoms with E-state index in [9.17, 15) is 0 Å². The van der Waals surface area contributed by atoms with Crippen LogP contribution in [0.1, 0.15) is 11.4 Å². The van der Waals surface area contributed by atoms with E-state index in [1.54, 1.807) is 20.3 Å². The number of rotatable bonds is 7. The van der Waals surface area contributed by atoms with Gasteiger partial charge in [-0.05, 0) is 19.2 Å². The van der Waals surface area contributed by atoms with Crippen molar-refractivity contribution in [2.75, 3.05) is 21.3 Å². The molecule has 1 N–H and O–H groups in total. The predicted molar refractivity (Wildman–Crippen MR) is 80.9 cm³/mol. The molecule has 0 aliphatic heterocycles. The molecule has 0 unspecified atom stereocenters. The van der Waals surface area contributed by atoms with E-state index >= 15 is 0 Å². The maximum Gasteiger partial charge on any atom is 0.130 e. The molecule has 5 nitrogen and oxygen atoms in total. The molecule has 0 amide bonds. The molecule has 0 fully saturated rings. The lowest BCUT2D eigenvalue weighted by Gasteiger charge is -2.10. The molecule has 0 aliphatic carbocycles. The maximum atomic E-state index is 5.77. The summed E-state index contributed by atoms with van der Waals surface area (Å²) in [4.78, 5) is 4.51. The topological polar surface area (TPSA) is 52.6 Å². The Balaban J connectivity index is 2.07. The maximum absolute atomic E-state index is 5.77. The van der Waals surface area contributed by atoms with Gasteiger partial charge in [-0.15, -0.1) is 0 Å². The van der Waals surface area contributed by atoms with E-state index in [1.165, 1.54) is 0 Å². The van der Waals surface area contributed by atoms with E-state index in [1.807, 2.05) is 37.4 Å². The highest BCUT2D eigenvalue weighted by Gasteiger charge is 2.04. The number of benzene rings is 1. The van der Waals surface area contributed by atoms with Gasteiger partial charge in [-0.25, -0.2) is 0 Å². The zero-order chi connectivity index (χ0) is 15.1. The molecule has 0 spiro atoms. The summed E-state index contributed by atoms with van der Waals surface area (Å²) >= 11 is 0. The summed E-state index contributed by atoms with van der Waals surface area (Å²) in [7, 11) is 5.12. The predicted octanol–water partition coefficient (Wildman–Crippen LogP) is 2.40. The van der Waals surface area contributed by atoms with Gasteiger partial charge < -0.3 is 19.5 Å². The normalized spacial score (nSPS) is 10.2. The van der Waals surface area contributed by atoms with Crippen LogP contribution in [0, 0.1) is 0 Å². The second-order valence-corrected chi connectivity index (χ2v) is 4.49. The monoisotopic (exact) mass is 288 g/mol. The van der Waals surface area contributed by atoms with Crippen molar-refractivity contribution in [1.82, 2.24) is 10.3 Å². The highest BCUT2D eigenvalue weighted by atomic mass is 16.5. The van der Waals surface area contributed by atoms with Crippen molar-refractivity contribution < 1.29 is 14.2 Å². The first-order chi connectivity index (χ1) is 10.2. The molecule has 112 valence electrons. The fourth-order valence-corrected chi connectivity index (χ4v) is 1.91. The van der Waals surface area contributed by atoms with Gasteiger partial charge in [0.15, 0.2) is 0 Å². The number of nitrogens with one attached hydrogen (secondary N) is 1. The molecule has 1 aromatic heterocycles. The van der Waals surface area contributed by atoms with E-state index in [0.29, 0.717) is 23.9 Å². The molecular formula is C16H20N2O3. The third-order valence-corrected chi connectivity index (χ3v) is 2.93. The van der Waals surface area contributed by atoms with E-state index in [2.05, 4.69) is 10.3 Å². The molecule has 0 radical (unpaired) electrons. The Morgan fingerprint density at radius 1 is 0.952 bits per heavy atom. The summed E-state index contributed by atoms with van der Waals surface area (Å²) in [5, 5.41) is 3.08. The lowest BCUT2D eigenvalue weighted by Crippen LogP contribution is -2.08. The minimum atomic E-state index is 0.397.